The third-order valence-electron chi connectivity index (χ3n) is 5.56. The van der Waals surface area contributed by atoms with Gasteiger partial charge in [-0.25, -0.2) is 23.4 Å². The van der Waals surface area contributed by atoms with Crippen LogP contribution in [-0.4, -0.2) is 47.1 Å². The first-order valence-corrected chi connectivity index (χ1v) is 11.6. The average molecular weight is 502 g/mol. The maximum absolute atomic E-state index is 13.5. The Morgan fingerprint density at radius 1 is 1.06 bits per heavy atom. The summed E-state index contributed by atoms with van der Waals surface area (Å²) in [6, 6.07) is 13.7. The van der Waals surface area contributed by atoms with E-state index in [1.807, 2.05) is 48.5 Å². The largest absolute Gasteiger partial charge is 0.476 e. The SMILES string of the molecule is O=C(CC(NC(=O)OCC1c2ccccc2-c2ccccc21)C(F)F)NCc1nc(C(=O)O)cs1. The number of carboxylic acids is 1. The zero-order chi connectivity index (χ0) is 24.9. The van der Waals surface area contributed by atoms with Crippen LogP contribution in [0, 0.1) is 0 Å². The molecule has 182 valence electrons. The van der Waals surface area contributed by atoms with Gasteiger partial charge in [0.2, 0.25) is 5.91 Å². The van der Waals surface area contributed by atoms with Crippen molar-refractivity contribution >= 4 is 29.3 Å². The summed E-state index contributed by atoms with van der Waals surface area (Å²) in [6.45, 7) is -0.157. The predicted octanol–water partition coefficient (Wildman–Crippen LogP) is 4.02. The summed E-state index contributed by atoms with van der Waals surface area (Å²) in [4.78, 5) is 39.1. The summed E-state index contributed by atoms with van der Waals surface area (Å²) in [5.41, 5.74) is 3.88. The van der Waals surface area contributed by atoms with E-state index < -0.39 is 36.9 Å². The van der Waals surface area contributed by atoms with Gasteiger partial charge in [-0.1, -0.05) is 48.5 Å². The molecule has 1 aliphatic carbocycles. The second-order valence-electron chi connectivity index (χ2n) is 7.82. The first-order chi connectivity index (χ1) is 16.8. The molecule has 0 spiro atoms. The van der Waals surface area contributed by atoms with Crippen molar-refractivity contribution in [2.45, 2.75) is 31.4 Å². The lowest BCUT2D eigenvalue weighted by Gasteiger charge is -2.19. The van der Waals surface area contributed by atoms with Crippen molar-refractivity contribution in [2.75, 3.05) is 6.61 Å². The van der Waals surface area contributed by atoms with E-state index in [2.05, 4.69) is 15.6 Å². The number of benzene rings is 2. The molecular formula is C24H21F2N3O5S. The number of carbonyl (C=O) groups is 3. The minimum atomic E-state index is -3.00. The maximum atomic E-state index is 13.5. The molecular weight excluding hydrogens is 480 g/mol. The molecule has 1 aliphatic rings. The molecule has 8 nitrogen and oxygen atoms in total. The molecule has 0 saturated carbocycles. The molecule has 0 aliphatic heterocycles. The van der Waals surface area contributed by atoms with Gasteiger partial charge in [-0.2, -0.15) is 0 Å². The number of fused-ring (bicyclic) bond motifs is 3. The molecule has 0 bridgehead atoms. The van der Waals surface area contributed by atoms with E-state index in [0.29, 0.717) is 5.01 Å². The van der Waals surface area contributed by atoms with Crippen LogP contribution in [0.15, 0.2) is 53.9 Å². The molecule has 4 rings (SSSR count). The number of thiazole rings is 1. The fraction of sp³-hybridized carbons (Fsp3) is 0.250. The average Bonchev–Trinajstić information content (AvgIpc) is 3.44. The highest BCUT2D eigenvalue weighted by Crippen LogP contribution is 2.44. The van der Waals surface area contributed by atoms with Crippen molar-refractivity contribution in [1.82, 2.24) is 15.6 Å². The minimum Gasteiger partial charge on any atom is -0.476 e. The monoisotopic (exact) mass is 501 g/mol. The molecule has 1 atom stereocenters. The van der Waals surface area contributed by atoms with Gasteiger partial charge in [0.05, 0.1) is 13.0 Å². The van der Waals surface area contributed by atoms with Crippen molar-refractivity contribution in [3.05, 3.63) is 75.7 Å². The molecule has 1 heterocycles. The first-order valence-electron chi connectivity index (χ1n) is 10.7. The molecule has 2 amide bonds. The second kappa shape index (κ2) is 10.6. The number of nitrogens with zero attached hydrogens (tertiary/aromatic N) is 1. The Balaban J connectivity index is 1.31. The molecule has 1 unspecified atom stereocenters. The van der Waals surface area contributed by atoms with E-state index in [0.717, 1.165) is 33.6 Å². The zero-order valence-electron chi connectivity index (χ0n) is 18.2. The Kier molecular flexibility index (Phi) is 7.35. The lowest BCUT2D eigenvalue weighted by Crippen LogP contribution is -2.44. The molecule has 3 aromatic rings. The quantitative estimate of drug-likeness (QED) is 0.408. The van der Waals surface area contributed by atoms with Crippen molar-refractivity contribution in [2.24, 2.45) is 0 Å². The minimum absolute atomic E-state index is 0.0437. The van der Waals surface area contributed by atoms with E-state index >= 15 is 0 Å². The number of rotatable bonds is 9. The Morgan fingerprint density at radius 3 is 2.26 bits per heavy atom. The maximum Gasteiger partial charge on any atom is 0.407 e. The van der Waals surface area contributed by atoms with Gasteiger partial charge < -0.3 is 20.5 Å². The van der Waals surface area contributed by atoms with Gasteiger partial charge in [0.1, 0.15) is 17.7 Å². The number of ether oxygens (including phenoxy) is 1. The highest BCUT2D eigenvalue weighted by Gasteiger charge is 2.30. The van der Waals surface area contributed by atoms with Gasteiger partial charge in [-0.05, 0) is 22.3 Å². The summed E-state index contributed by atoms with van der Waals surface area (Å²) >= 11 is 1.02. The molecule has 0 fully saturated rings. The number of amides is 2. The van der Waals surface area contributed by atoms with Crippen molar-refractivity contribution in [1.29, 1.82) is 0 Å². The first kappa shape index (κ1) is 24.3. The third kappa shape index (κ3) is 5.62. The van der Waals surface area contributed by atoms with Crippen LogP contribution in [0.3, 0.4) is 0 Å². The van der Waals surface area contributed by atoms with Gasteiger partial charge >= 0.3 is 12.1 Å². The van der Waals surface area contributed by atoms with Gasteiger partial charge in [-0.15, -0.1) is 11.3 Å². The highest BCUT2D eigenvalue weighted by atomic mass is 32.1. The van der Waals surface area contributed by atoms with E-state index in [9.17, 15) is 23.2 Å². The predicted molar refractivity (Wildman–Crippen MR) is 124 cm³/mol. The van der Waals surface area contributed by atoms with E-state index in [1.54, 1.807) is 0 Å². The number of aromatic carboxylic acids is 1. The van der Waals surface area contributed by atoms with Crippen LogP contribution in [0.2, 0.25) is 0 Å². The molecule has 2 aromatic carbocycles. The van der Waals surface area contributed by atoms with E-state index in [4.69, 9.17) is 9.84 Å². The molecule has 0 saturated heterocycles. The van der Waals surface area contributed by atoms with Crippen LogP contribution in [0.5, 0.6) is 0 Å². The van der Waals surface area contributed by atoms with Crippen LogP contribution in [0.4, 0.5) is 13.6 Å². The van der Waals surface area contributed by atoms with Crippen LogP contribution in [0.1, 0.15) is 39.0 Å². The number of alkyl carbamates (subject to hydrolysis) is 1. The fourth-order valence-electron chi connectivity index (χ4n) is 3.93. The number of hydrogen-bond donors (Lipinski definition) is 3. The van der Waals surface area contributed by atoms with Crippen LogP contribution in [-0.2, 0) is 16.1 Å². The lowest BCUT2D eigenvalue weighted by molar-refractivity contribution is -0.122. The van der Waals surface area contributed by atoms with E-state index in [1.165, 1.54) is 5.38 Å². The van der Waals surface area contributed by atoms with Crippen molar-refractivity contribution in [3.8, 4) is 11.1 Å². The Bertz CT molecular complexity index is 1200. The number of aromatic nitrogens is 1. The number of carboxylic acid groups (broad SMARTS) is 1. The van der Waals surface area contributed by atoms with Crippen molar-refractivity contribution < 1.29 is 33.0 Å². The Morgan fingerprint density at radius 2 is 1.69 bits per heavy atom. The fourth-order valence-corrected chi connectivity index (χ4v) is 4.64. The summed E-state index contributed by atoms with van der Waals surface area (Å²) in [7, 11) is 0. The van der Waals surface area contributed by atoms with Gasteiger partial charge in [0.25, 0.3) is 6.43 Å². The van der Waals surface area contributed by atoms with Crippen molar-refractivity contribution in [3.63, 3.8) is 0 Å². The summed E-state index contributed by atoms with van der Waals surface area (Å²) in [6.07, 6.45) is -4.73. The number of nitrogens with one attached hydrogen (secondary N) is 2. The Hall–Kier alpha value is -3.86. The van der Waals surface area contributed by atoms with Gasteiger partial charge in [0.15, 0.2) is 5.69 Å². The summed E-state index contributed by atoms with van der Waals surface area (Å²) in [5.74, 6) is -2.18. The summed E-state index contributed by atoms with van der Waals surface area (Å²) in [5, 5.41) is 15.0. The van der Waals surface area contributed by atoms with Gasteiger partial charge in [-0.3, -0.25) is 4.79 Å². The molecule has 35 heavy (non-hydrogen) atoms. The molecule has 0 radical (unpaired) electrons. The standard InChI is InChI=1S/C24H21F2N3O5S/c25-22(26)18(9-20(30)27-10-21-28-19(12-35-21)23(31)32)29-24(33)34-11-17-15-7-3-1-5-13(15)14-6-2-4-8-16(14)17/h1-8,12,17-18,22H,9-11H2,(H,27,30)(H,29,33)(H,31,32). The highest BCUT2D eigenvalue weighted by molar-refractivity contribution is 7.09. The second-order valence-corrected chi connectivity index (χ2v) is 8.77. The van der Waals surface area contributed by atoms with Crippen LogP contribution >= 0.6 is 11.3 Å². The molecule has 11 heteroatoms. The Labute approximate surface area is 203 Å². The number of carbonyl (C=O) groups excluding carboxylic acids is 2. The lowest BCUT2D eigenvalue weighted by atomic mass is 9.98. The topological polar surface area (TPSA) is 118 Å². The van der Waals surface area contributed by atoms with Gasteiger partial charge in [0, 0.05) is 11.3 Å². The smallest absolute Gasteiger partial charge is 0.407 e. The third-order valence-corrected chi connectivity index (χ3v) is 6.41. The number of halogens is 2. The molecule has 3 N–H and O–H groups in total. The molecule has 1 aromatic heterocycles. The zero-order valence-corrected chi connectivity index (χ0v) is 19.1. The summed E-state index contributed by atoms with van der Waals surface area (Å²) < 4.78 is 32.2. The number of hydrogen-bond acceptors (Lipinski definition) is 6. The van der Waals surface area contributed by atoms with Crippen LogP contribution < -0.4 is 10.6 Å². The normalized spacial score (nSPS) is 13.1. The van der Waals surface area contributed by atoms with Crippen LogP contribution in [0.25, 0.3) is 11.1 Å². The van der Waals surface area contributed by atoms with E-state index in [-0.39, 0.29) is 24.8 Å². The number of alkyl halides is 2.